The minimum Gasteiger partial charge on any atom is -0.478 e. The number of allylic oxidation sites excluding steroid dienone is 1. The zero-order chi connectivity index (χ0) is 17.9. The molecule has 0 atom stereocenters. The highest BCUT2D eigenvalue weighted by atomic mass is 16.5. The maximum atomic E-state index is 10.7. The van der Waals surface area contributed by atoms with Gasteiger partial charge in [-0.2, -0.15) is 0 Å². The summed E-state index contributed by atoms with van der Waals surface area (Å²) in [7, 11) is 0. The average molecular weight is 338 g/mol. The maximum Gasteiger partial charge on any atom is 0.330 e. The Morgan fingerprint density at radius 1 is 0.920 bits per heavy atom. The Hall–Kier alpha value is -2.55. The van der Waals surface area contributed by atoms with Gasteiger partial charge in [0.2, 0.25) is 0 Å². The number of rotatable bonds is 10. The van der Waals surface area contributed by atoms with Crippen LogP contribution in [0.1, 0.15) is 44.6 Å². The van der Waals surface area contributed by atoms with Gasteiger partial charge in [-0.15, -0.1) is 0 Å². The van der Waals surface area contributed by atoms with Crippen LogP contribution in [0.15, 0.2) is 66.2 Å². The summed E-state index contributed by atoms with van der Waals surface area (Å²) in [6.07, 6.45) is 8.24. The number of hydrogen-bond acceptors (Lipinski definition) is 2. The van der Waals surface area contributed by atoms with Crippen LogP contribution in [0.25, 0.3) is 0 Å². The monoisotopic (exact) mass is 338 g/mol. The van der Waals surface area contributed by atoms with Gasteiger partial charge in [0.25, 0.3) is 0 Å². The third-order valence-electron chi connectivity index (χ3n) is 4.11. The summed E-state index contributed by atoms with van der Waals surface area (Å²) < 4.78 is 5.79. The standard InChI is InChI=1S/C22H26O3/c1-18(22(23)24)10-6-3-2-4-7-11-19-14-16-21(17-15-19)25-20-12-8-5-9-13-20/h5,8-10,12-17H,2-4,6-7,11H2,1H3,(H,23,24). The molecular formula is C22H26O3. The van der Waals surface area contributed by atoms with Gasteiger partial charge < -0.3 is 9.84 Å². The van der Waals surface area contributed by atoms with Crippen LogP contribution >= 0.6 is 0 Å². The lowest BCUT2D eigenvalue weighted by Crippen LogP contribution is -1.95. The van der Waals surface area contributed by atoms with Crippen molar-refractivity contribution in [3.8, 4) is 11.5 Å². The molecule has 0 bridgehead atoms. The van der Waals surface area contributed by atoms with Crippen LogP contribution < -0.4 is 4.74 Å². The number of aliphatic carboxylic acids is 1. The first-order chi connectivity index (χ1) is 12.1. The van der Waals surface area contributed by atoms with Crippen molar-refractivity contribution in [3.05, 3.63) is 71.8 Å². The van der Waals surface area contributed by atoms with Gasteiger partial charge >= 0.3 is 5.97 Å². The summed E-state index contributed by atoms with van der Waals surface area (Å²) in [6, 6.07) is 18.1. The van der Waals surface area contributed by atoms with Gasteiger partial charge in [-0.1, -0.05) is 49.2 Å². The highest BCUT2D eigenvalue weighted by molar-refractivity contribution is 5.85. The Kier molecular flexibility index (Phi) is 7.77. The fourth-order valence-electron chi connectivity index (χ4n) is 2.58. The summed E-state index contributed by atoms with van der Waals surface area (Å²) >= 11 is 0. The molecule has 0 aliphatic rings. The smallest absolute Gasteiger partial charge is 0.330 e. The van der Waals surface area contributed by atoms with Crippen LogP contribution in [-0.4, -0.2) is 11.1 Å². The van der Waals surface area contributed by atoms with Crippen LogP contribution in [0.2, 0.25) is 0 Å². The molecule has 0 fully saturated rings. The number of carboxylic acids is 1. The molecule has 0 heterocycles. The van der Waals surface area contributed by atoms with Crippen LogP contribution in [0.4, 0.5) is 0 Å². The number of carbonyl (C=O) groups is 1. The molecule has 0 aliphatic carbocycles. The van der Waals surface area contributed by atoms with Gasteiger partial charge in [0.1, 0.15) is 11.5 Å². The van der Waals surface area contributed by atoms with E-state index in [4.69, 9.17) is 9.84 Å². The summed E-state index contributed by atoms with van der Waals surface area (Å²) in [6.45, 7) is 1.65. The van der Waals surface area contributed by atoms with E-state index in [9.17, 15) is 4.79 Å². The van der Waals surface area contributed by atoms with Gasteiger partial charge in [0, 0.05) is 5.57 Å². The number of hydrogen-bond donors (Lipinski definition) is 1. The van der Waals surface area contributed by atoms with Crippen molar-refractivity contribution in [1.82, 2.24) is 0 Å². The van der Waals surface area contributed by atoms with Crippen LogP contribution in [-0.2, 0) is 11.2 Å². The minimum atomic E-state index is -0.820. The second kappa shape index (κ2) is 10.3. The molecule has 3 nitrogen and oxygen atoms in total. The number of para-hydroxylation sites is 1. The fourth-order valence-corrected chi connectivity index (χ4v) is 2.58. The maximum absolute atomic E-state index is 10.7. The molecule has 2 rings (SSSR count). The lowest BCUT2D eigenvalue weighted by Gasteiger charge is -2.07. The predicted octanol–water partition coefficient (Wildman–Crippen LogP) is 6.00. The van der Waals surface area contributed by atoms with E-state index in [1.165, 1.54) is 12.0 Å². The number of aryl methyl sites for hydroxylation is 1. The second-order valence-electron chi connectivity index (χ2n) is 6.20. The van der Waals surface area contributed by atoms with Gasteiger partial charge in [-0.25, -0.2) is 4.79 Å². The third kappa shape index (κ3) is 7.25. The molecule has 2 aromatic carbocycles. The molecule has 0 aliphatic heterocycles. The summed E-state index contributed by atoms with van der Waals surface area (Å²) in [5.41, 5.74) is 1.76. The normalized spacial score (nSPS) is 11.3. The fraction of sp³-hybridized carbons (Fsp3) is 0.318. The number of benzene rings is 2. The van der Waals surface area contributed by atoms with Crippen molar-refractivity contribution in [2.24, 2.45) is 0 Å². The van der Waals surface area contributed by atoms with E-state index in [2.05, 4.69) is 12.1 Å². The van der Waals surface area contributed by atoms with Crippen molar-refractivity contribution in [3.63, 3.8) is 0 Å². The number of ether oxygens (including phenoxy) is 1. The molecule has 132 valence electrons. The van der Waals surface area contributed by atoms with Crippen molar-refractivity contribution in [2.45, 2.75) is 45.4 Å². The van der Waals surface area contributed by atoms with Gasteiger partial charge in [0.05, 0.1) is 0 Å². The van der Waals surface area contributed by atoms with Crippen molar-refractivity contribution < 1.29 is 14.6 Å². The predicted molar refractivity (Wildman–Crippen MR) is 101 cm³/mol. The molecular weight excluding hydrogens is 312 g/mol. The van der Waals surface area contributed by atoms with E-state index >= 15 is 0 Å². The molecule has 0 saturated carbocycles. The third-order valence-corrected chi connectivity index (χ3v) is 4.11. The van der Waals surface area contributed by atoms with Gasteiger partial charge in [-0.05, 0) is 62.4 Å². The van der Waals surface area contributed by atoms with E-state index < -0.39 is 5.97 Å². The molecule has 2 aromatic rings. The van der Waals surface area contributed by atoms with E-state index in [1.807, 2.05) is 48.5 Å². The zero-order valence-electron chi connectivity index (χ0n) is 14.8. The molecule has 0 amide bonds. The van der Waals surface area contributed by atoms with E-state index in [-0.39, 0.29) is 0 Å². The summed E-state index contributed by atoms with van der Waals surface area (Å²) in [5.74, 6) is 0.887. The van der Waals surface area contributed by atoms with Crippen LogP contribution in [0.3, 0.4) is 0 Å². The lowest BCUT2D eigenvalue weighted by molar-refractivity contribution is -0.132. The van der Waals surface area contributed by atoms with Crippen LogP contribution in [0.5, 0.6) is 11.5 Å². The lowest BCUT2D eigenvalue weighted by atomic mass is 10.0. The van der Waals surface area contributed by atoms with E-state index in [0.29, 0.717) is 5.57 Å². The topological polar surface area (TPSA) is 46.5 Å². The Morgan fingerprint density at radius 2 is 1.56 bits per heavy atom. The SMILES string of the molecule is CC(=CCCCCCCc1ccc(Oc2ccccc2)cc1)C(=O)O. The highest BCUT2D eigenvalue weighted by Crippen LogP contribution is 2.21. The largest absolute Gasteiger partial charge is 0.478 e. The summed E-state index contributed by atoms with van der Waals surface area (Å²) in [5, 5.41) is 8.77. The molecule has 0 aromatic heterocycles. The summed E-state index contributed by atoms with van der Waals surface area (Å²) in [4.78, 5) is 10.7. The minimum absolute atomic E-state index is 0.442. The second-order valence-corrected chi connectivity index (χ2v) is 6.20. The molecule has 1 N–H and O–H groups in total. The first-order valence-electron chi connectivity index (χ1n) is 8.87. The Labute approximate surface area is 150 Å². The zero-order valence-corrected chi connectivity index (χ0v) is 14.8. The van der Waals surface area contributed by atoms with Crippen molar-refractivity contribution >= 4 is 5.97 Å². The Balaban J connectivity index is 1.63. The molecule has 25 heavy (non-hydrogen) atoms. The Morgan fingerprint density at radius 3 is 2.24 bits per heavy atom. The number of unbranched alkanes of at least 4 members (excludes halogenated alkanes) is 4. The molecule has 0 unspecified atom stereocenters. The number of carboxylic acid groups (broad SMARTS) is 1. The average Bonchev–Trinajstić information content (AvgIpc) is 2.63. The van der Waals surface area contributed by atoms with E-state index in [0.717, 1.165) is 43.6 Å². The van der Waals surface area contributed by atoms with Gasteiger partial charge in [-0.3, -0.25) is 0 Å². The highest BCUT2D eigenvalue weighted by Gasteiger charge is 1.99. The quantitative estimate of drug-likeness (QED) is 0.427. The molecule has 3 heteroatoms. The first-order valence-corrected chi connectivity index (χ1v) is 8.87. The molecule has 0 spiro atoms. The Bertz CT molecular complexity index is 672. The first kappa shape index (κ1) is 18.8. The van der Waals surface area contributed by atoms with Crippen LogP contribution in [0, 0.1) is 0 Å². The van der Waals surface area contributed by atoms with Crippen molar-refractivity contribution in [1.29, 1.82) is 0 Å². The molecule has 0 radical (unpaired) electrons. The van der Waals surface area contributed by atoms with Gasteiger partial charge in [0.15, 0.2) is 0 Å². The molecule has 0 saturated heterocycles. The van der Waals surface area contributed by atoms with E-state index in [1.54, 1.807) is 6.92 Å². The van der Waals surface area contributed by atoms with Crippen molar-refractivity contribution in [2.75, 3.05) is 0 Å².